The fourth-order valence-corrected chi connectivity index (χ4v) is 2.24. The van der Waals surface area contributed by atoms with Crippen molar-refractivity contribution in [3.8, 4) is 5.75 Å². The van der Waals surface area contributed by atoms with Crippen LogP contribution in [0, 0.1) is 0 Å². The van der Waals surface area contributed by atoms with Crippen molar-refractivity contribution >= 4 is 39.7 Å². The number of nitrogens with one attached hydrogen (secondary N) is 1. The van der Waals surface area contributed by atoms with Crippen LogP contribution in [0.4, 0.5) is 0 Å². The molecule has 1 amide bonds. The molecule has 2 aromatic carbocycles. The lowest BCUT2D eigenvalue weighted by atomic mass is 10.1. The van der Waals surface area contributed by atoms with Gasteiger partial charge >= 0.3 is 0 Å². The number of carbonyl (C=O) groups excluding carboxylic acids is 1. The Hall–Kier alpha value is -1.89. The maximum Gasteiger partial charge on any atom is 0.271 e. The van der Waals surface area contributed by atoms with Crippen molar-refractivity contribution in [2.24, 2.45) is 5.10 Å². The quantitative estimate of drug-likeness (QED) is 0.545. The molecule has 0 aliphatic rings. The van der Waals surface area contributed by atoms with Crippen LogP contribution in [0.3, 0.4) is 0 Å². The zero-order valence-corrected chi connectivity index (χ0v) is 16.1. The van der Waals surface area contributed by atoms with E-state index in [4.69, 9.17) is 16.3 Å². The lowest BCUT2D eigenvalue weighted by Crippen LogP contribution is -2.39. The van der Waals surface area contributed by atoms with E-state index in [1.54, 1.807) is 18.2 Å². The topological polar surface area (TPSA) is 70.9 Å². The molecule has 0 aliphatic carbocycles. The third kappa shape index (κ3) is 6.16. The molecule has 7 heteroatoms. The lowest BCUT2D eigenvalue weighted by molar-refractivity contribution is -0.136. The predicted molar refractivity (Wildman–Crippen MR) is 102 cm³/mol. The van der Waals surface area contributed by atoms with E-state index in [0.717, 1.165) is 10.0 Å². The van der Waals surface area contributed by atoms with Crippen molar-refractivity contribution in [1.29, 1.82) is 0 Å². The molecular weight excluding hydrogens is 408 g/mol. The average Bonchev–Trinajstić information content (AvgIpc) is 2.54. The van der Waals surface area contributed by atoms with E-state index in [0.29, 0.717) is 22.9 Å². The fourth-order valence-electron chi connectivity index (χ4n) is 1.79. The van der Waals surface area contributed by atoms with Crippen molar-refractivity contribution in [2.45, 2.75) is 26.1 Å². The minimum absolute atomic E-state index is 0.381. The Kier molecular flexibility index (Phi) is 6.58. The second-order valence-electron chi connectivity index (χ2n) is 5.86. The van der Waals surface area contributed by atoms with Crippen LogP contribution in [0.2, 0.25) is 5.02 Å². The van der Waals surface area contributed by atoms with E-state index in [9.17, 15) is 9.90 Å². The van der Waals surface area contributed by atoms with Crippen molar-refractivity contribution in [3.63, 3.8) is 0 Å². The van der Waals surface area contributed by atoms with Crippen LogP contribution in [0.5, 0.6) is 5.75 Å². The second kappa shape index (κ2) is 8.47. The molecule has 2 N–H and O–H groups in total. The highest BCUT2D eigenvalue weighted by Crippen LogP contribution is 2.23. The number of carbonyl (C=O) groups is 1. The van der Waals surface area contributed by atoms with E-state index in [1.165, 1.54) is 20.1 Å². The van der Waals surface area contributed by atoms with E-state index in [-0.39, 0.29) is 0 Å². The van der Waals surface area contributed by atoms with Gasteiger partial charge in [0.2, 0.25) is 0 Å². The van der Waals surface area contributed by atoms with E-state index < -0.39 is 11.5 Å². The molecule has 0 spiro atoms. The summed E-state index contributed by atoms with van der Waals surface area (Å²) in [6.45, 7) is 3.14. The van der Waals surface area contributed by atoms with Crippen LogP contribution < -0.4 is 10.2 Å². The zero-order valence-electron chi connectivity index (χ0n) is 13.8. The molecule has 0 aliphatic heterocycles. The number of hydrazone groups is 1. The van der Waals surface area contributed by atoms with Crippen LogP contribution in [0.25, 0.3) is 0 Å². The molecule has 0 bridgehead atoms. The van der Waals surface area contributed by atoms with Crippen molar-refractivity contribution in [3.05, 3.63) is 63.1 Å². The summed E-state index contributed by atoms with van der Waals surface area (Å²) < 4.78 is 6.81. The fraction of sp³-hybridized carbons (Fsp3) is 0.222. The summed E-state index contributed by atoms with van der Waals surface area (Å²) in [5.41, 5.74) is 2.39. The van der Waals surface area contributed by atoms with Gasteiger partial charge in [-0.2, -0.15) is 5.10 Å². The van der Waals surface area contributed by atoms with Gasteiger partial charge in [-0.1, -0.05) is 39.7 Å². The first-order valence-corrected chi connectivity index (χ1v) is 8.65. The third-order valence-corrected chi connectivity index (χ3v) is 3.97. The molecule has 0 fully saturated rings. The Morgan fingerprint density at radius 1 is 1.32 bits per heavy atom. The Labute approximate surface area is 159 Å². The van der Waals surface area contributed by atoms with Crippen LogP contribution in [-0.2, 0) is 11.4 Å². The summed E-state index contributed by atoms with van der Waals surface area (Å²) in [5.74, 6) is -0.0308. The van der Waals surface area contributed by atoms with Crippen molar-refractivity contribution < 1.29 is 14.6 Å². The van der Waals surface area contributed by atoms with Crippen LogP contribution in [0.15, 0.2) is 52.0 Å². The first kappa shape index (κ1) is 19.4. The molecule has 0 atom stereocenters. The highest BCUT2D eigenvalue weighted by Gasteiger charge is 2.22. The second-order valence-corrected chi connectivity index (χ2v) is 7.21. The Bertz CT molecular complexity index is 771. The summed E-state index contributed by atoms with van der Waals surface area (Å²) in [4.78, 5) is 11.6. The van der Waals surface area contributed by atoms with Crippen LogP contribution in [-0.4, -0.2) is 22.8 Å². The summed E-state index contributed by atoms with van der Waals surface area (Å²) >= 11 is 9.41. The standard InChI is InChI=1S/C18H18BrClN2O3/c1-18(2,24)17(23)22-21-10-13-9-15(20)7-8-16(13)25-11-12-3-5-14(19)6-4-12/h3-10,24H,11H2,1-2H3,(H,22,23)/b21-10+. The monoisotopic (exact) mass is 424 g/mol. The number of halogens is 2. The zero-order chi connectivity index (χ0) is 18.4. The van der Waals surface area contributed by atoms with Crippen LogP contribution in [0.1, 0.15) is 25.0 Å². The van der Waals surface area contributed by atoms with Crippen molar-refractivity contribution in [1.82, 2.24) is 5.43 Å². The van der Waals surface area contributed by atoms with Gasteiger partial charge in [-0.25, -0.2) is 5.43 Å². The molecule has 0 aromatic heterocycles. The molecule has 0 saturated carbocycles. The summed E-state index contributed by atoms with van der Waals surface area (Å²) in [6.07, 6.45) is 1.42. The summed E-state index contributed by atoms with van der Waals surface area (Å²) in [6, 6.07) is 12.9. The first-order chi connectivity index (χ1) is 11.8. The van der Waals surface area contributed by atoms with Gasteiger partial charge in [0.05, 0.1) is 6.21 Å². The highest BCUT2D eigenvalue weighted by molar-refractivity contribution is 9.10. The van der Waals surface area contributed by atoms with Crippen LogP contribution >= 0.6 is 27.5 Å². The van der Waals surface area contributed by atoms with Gasteiger partial charge in [0.1, 0.15) is 18.0 Å². The van der Waals surface area contributed by atoms with Crippen molar-refractivity contribution in [2.75, 3.05) is 0 Å². The Morgan fingerprint density at radius 3 is 2.64 bits per heavy atom. The van der Waals surface area contributed by atoms with Gasteiger partial charge in [-0.15, -0.1) is 0 Å². The number of aliphatic hydroxyl groups is 1. The summed E-state index contributed by atoms with van der Waals surface area (Å²) in [7, 11) is 0. The predicted octanol–water partition coefficient (Wildman–Crippen LogP) is 3.90. The third-order valence-electron chi connectivity index (χ3n) is 3.20. The molecule has 2 rings (SSSR count). The number of hydrogen-bond donors (Lipinski definition) is 2. The molecule has 132 valence electrons. The SMILES string of the molecule is CC(C)(O)C(=O)N/N=C/c1cc(Cl)ccc1OCc1ccc(Br)cc1. The van der Waals surface area contributed by atoms with Gasteiger partial charge in [-0.05, 0) is 49.7 Å². The summed E-state index contributed by atoms with van der Waals surface area (Å²) in [5, 5.41) is 13.9. The van der Waals surface area contributed by atoms with E-state index in [1.807, 2.05) is 24.3 Å². The average molecular weight is 426 g/mol. The molecular formula is C18H18BrClN2O3. The largest absolute Gasteiger partial charge is 0.488 e. The number of rotatable bonds is 6. The van der Waals surface area contributed by atoms with E-state index in [2.05, 4.69) is 26.5 Å². The van der Waals surface area contributed by atoms with Gasteiger partial charge in [0.15, 0.2) is 0 Å². The number of benzene rings is 2. The lowest BCUT2D eigenvalue weighted by Gasteiger charge is -2.14. The molecule has 0 radical (unpaired) electrons. The molecule has 0 saturated heterocycles. The Balaban J connectivity index is 2.08. The first-order valence-electron chi connectivity index (χ1n) is 7.48. The maximum absolute atomic E-state index is 11.6. The number of nitrogens with zero attached hydrogens (tertiary/aromatic N) is 1. The Morgan fingerprint density at radius 2 is 2.00 bits per heavy atom. The minimum Gasteiger partial charge on any atom is -0.488 e. The molecule has 25 heavy (non-hydrogen) atoms. The van der Waals surface area contributed by atoms with Gasteiger partial charge in [-0.3, -0.25) is 4.79 Å². The van der Waals surface area contributed by atoms with Gasteiger partial charge in [0.25, 0.3) is 5.91 Å². The molecule has 0 unspecified atom stereocenters. The smallest absolute Gasteiger partial charge is 0.271 e. The highest BCUT2D eigenvalue weighted by atomic mass is 79.9. The number of hydrogen-bond acceptors (Lipinski definition) is 4. The van der Waals surface area contributed by atoms with Gasteiger partial charge in [0, 0.05) is 15.1 Å². The molecule has 0 heterocycles. The number of ether oxygens (including phenoxy) is 1. The van der Waals surface area contributed by atoms with E-state index >= 15 is 0 Å². The van der Waals surface area contributed by atoms with Gasteiger partial charge < -0.3 is 9.84 Å². The minimum atomic E-state index is -1.51. The maximum atomic E-state index is 11.6. The molecule has 2 aromatic rings. The molecule has 5 nitrogen and oxygen atoms in total. The number of amides is 1. The normalized spacial score (nSPS) is 11.6.